The Bertz CT molecular complexity index is 1190. The van der Waals surface area contributed by atoms with E-state index in [4.69, 9.17) is 9.15 Å². The van der Waals surface area contributed by atoms with Gasteiger partial charge in [-0.1, -0.05) is 24.3 Å². The van der Waals surface area contributed by atoms with E-state index < -0.39 is 0 Å². The predicted octanol–water partition coefficient (Wildman–Crippen LogP) is 5.08. The van der Waals surface area contributed by atoms with Gasteiger partial charge in [0.05, 0.1) is 18.3 Å². The van der Waals surface area contributed by atoms with Crippen LogP contribution in [0.4, 0.5) is 0 Å². The Morgan fingerprint density at radius 2 is 1.83 bits per heavy atom. The van der Waals surface area contributed by atoms with E-state index in [1.54, 1.807) is 12.3 Å². The van der Waals surface area contributed by atoms with Crippen LogP contribution in [0.25, 0.3) is 22.2 Å². The summed E-state index contributed by atoms with van der Waals surface area (Å²) in [5.41, 5.74) is 7.91. The van der Waals surface area contributed by atoms with Gasteiger partial charge in [0.2, 0.25) is 0 Å². The lowest BCUT2D eigenvalue weighted by molar-refractivity contribution is 0.0728. The van der Waals surface area contributed by atoms with Crippen molar-refractivity contribution in [2.75, 3.05) is 13.2 Å². The van der Waals surface area contributed by atoms with Gasteiger partial charge in [0.25, 0.3) is 5.91 Å². The van der Waals surface area contributed by atoms with Crippen LogP contribution in [0.2, 0.25) is 0 Å². The molecule has 146 valence electrons. The molecule has 1 N–H and O–H groups in total. The zero-order valence-electron chi connectivity index (χ0n) is 16.5. The quantitative estimate of drug-likeness (QED) is 0.523. The zero-order chi connectivity index (χ0) is 20.0. The van der Waals surface area contributed by atoms with Crippen LogP contribution in [0.5, 0.6) is 5.75 Å². The minimum absolute atomic E-state index is 0.0515. The minimum Gasteiger partial charge on any atom is -0.491 e. The maximum atomic E-state index is 13.1. The first-order valence-electron chi connectivity index (χ1n) is 9.77. The first-order valence-corrected chi connectivity index (χ1v) is 9.77. The van der Waals surface area contributed by atoms with Crippen LogP contribution in [-0.4, -0.2) is 28.9 Å². The predicted molar refractivity (Wildman–Crippen MR) is 112 cm³/mol. The van der Waals surface area contributed by atoms with Crippen molar-refractivity contribution in [3.63, 3.8) is 0 Å². The Hall–Kier alpha value is -3.47. The Morgan fingerprint density at radius 1 is 1.00 bits per heavy atom. The molecule has 5 rings (SSSR count). The van der Waals surface area contributed by atoms with Gasteiger partial charge in [0, 0.05) is 24.2 Å². The normalized spacial score (nSPS) is 13.8. The summed E-state index contributed by atoms with van der Waals surface area (Å²) in [6.07, 6.45) is 1.61. The summed E-state index contributed by atoms with van der Waals surface area (Å²) in [5.74, 6) is 0.789. The van der Waals surface area contributed by atoms with Gasteiger partial charge in [-0.05, 0) is 48.2 Å². The lowest BCUT2D eigenvalue weighted by atomic mass is 9.98. The average molecular weight is 386 g/mol. The summed E-state index contributed by atoms with van der Waals surface area (Å²) in [4.78, 5) is 18.0. The number of rotatable bonds is 2. The van der Waals surface area contributed by atoms with Crippen LogP contribution in [-0.2, 0) is 6.54 Å². The van der Waals surface area contributed by atoms with E-state index in [-0.39, 0.29) is 5.91 Å². The molecule has 3 heterocycles. The van der Waals surface area contributed by atoms with Gasteiger partial charge in [-0.3, -0.25) is 4.79 Å². The largest absolute Gasteiger partial charge is 0.491 e. The molecule has 0 saturated heterocycles. The van der Waals surface area contributed by atoms with Crippen LogP contribution < -0.4 is 4.74 Å². The van der Waals surface area contributed by atoms with Crippen LogP contribution in [0, 0.1) is 13.8 Å². The van der Waals surface area contributed by atoms with Crippen molar-refractivity contribution in [3.05, 3.63) is 77.2 Å². The van der Waals surface area contributed by atoms with Crippen LogP contribution in [0.3, 0.4) is 0 Å². The first kappa shape index (κ1) is 17.6. The van der Waals surface area contributed by atoms with Gasteiger partial charge in [-0.2, -0.15) is 0 Å². The number of carbonyl (C=O) groups excluding carboxylic acids is 1. The molecule has 1 aliphatic heterocycles. The van der Waals surface area contributed by atoms with Gasteiger partial charge >= 0.3 is 0 Å². The van der Waals surface area contributed by atoms with E-state index in [0.29, 0.717) is 31.0 Å². The van der Waals surface area contributed by atoms with Crippen molar-refractivity contribution >= 4 is 17.0 Å². The van der Waals surface area contributed by atoms with Crippen molar-refractivity contribution in [1.29, 1.82) is 0 Å². The maximum absolute atomic E-state index is 13.1. The third-order valence-corrected chi connectivity index (χ3v) is 5.64. The van der Waals surface area contributed by atoms with E-state index >= 15 is 0 Å². The van der Waals surface area contributed by atoms with E-state index in [2.05, 4.69) is 49.2 Å². The molecule has 1 amide bonds. The van der Waals surface area contributed by atoms with Crippen molar-refractivity contribution in [2.24, 2.45) is 0 Å². The van der Waals surface area contributed by atoms with Crippen LogP contribution in [0.15, 0.2) is 59.2 Å². The Balaban J connectivity index is 1.45. The van der Waals surface area contributed by atoms with Crippen LogP contribution >= 0.6 is 0 Å². The van der Waals surface area contributed by atoms with Gasteiger partial charge < -0.3 is 19.0 Å². The van der Waals surface area contributed by atoms with Gasteiger partial charge in [0.15, 0.2) is 5.58 Å². The lowest BCUT2D eigenvalue weighted by Gasteiger charge is -2.19. The monoisotopic (exact) mass is 386 g/mol. The molecule has 2 aromatic carbocycles. The number of H-pyrrole nitrogens is 1. The number of aromatic nitrogens is 1. The molecule has 0 radical (unpaired) electrons. The second-order valence-electron chi connectivity index (χ2n) is 7.58. The second-order valence-corrected chi connectivity index (χ2v) is 7.58. The topological polar surface area (TPSA) is 58.5 Å². The van der Waals surface area contributed by atoms with Gasteiger partial charge in [-0.15, -0.1) is 0 Å². The second kappa shape index (κ2) is 6.85. The number of benzene rings is 2. The molecule has 0 unspecified atom stereocenters. The highest BCUT2D eigenvalue weighted by atomic mass is 16.5. The SMILES string of the molecule is Cc1ccc(-c2ccc3c(c2)CN(C(=O)c2cc4occc4[nH]2)CCO3)cc1C. The maximum Gasteiger partial charge on any atom is 0.270 e. The number of aryl methyl sites for hydroxylation is 2. The molecular weight excluding hydrogens is 364 g/mol. The molecular formula is C24H22N2O3. The summed E-state index contributed by atoms with van der Waals surface area (Å²) in [6, 6.07) is 16.3. The third-order valence-electron chi connectivity index (χ3n) is 5.64. The molecule has 0 fully saturated rings. The molecule has 0 saturated carbocycles. The van der Waals surface area contributed by atoms with E-state index in [0.717, 1.165) is 22.4 Å². The lowest BCUT2D eigenvalue weighted by Crippen LogP contribution is -2.32. The first-order chi connectivity index (χ1) is 14.1. The number of hydrogen-bond donors (Lipinski definition) is 1. The summed E-state index contributed by atoms with van der Waals surface area (Å²) in [6.45, 7) is 5.75. The number of aromatic amines is 1. The zero-order valence-corrected chi connectivity index (χ0v) is 16.5. The summed E-state index contributed by atoms with van der Waals surface area (Å²) < 4.78 is 11.3. The molecule has 5 nitrogen and oxygen atoms in total. The fourth-order valence-electron chi connectivity index (χ4n) is 3.80. The Morgan fingerprint density at radius 3 is 2.66 bits per heavy atom. The molecule has 0 bridgehead atoms. The molecule has 0 aliphatic carbocycles. The fourth-order valence-corrected chi connectivity index (χ4v) is 3.80. The number of furan rings is 1. The van der Waals surface area contributed by atoms with Crippen molar-refractivity contribution in [3.8, 4) is 16.9 Å². The highest BCUT2D eigenvalue weighted by Crippen LogP contribution is 2.31. The van der Waals surface area contributed by atoms with E-state index in [1.807, 2.05) is 17.0 Å². The molecule has 1 aliphatic rings. The van der Waals surface area contributed by atoms with Crippen molar-refractivity contribution in [1.82, 2.24) is 9.88 Å². The van der Waals surface area contributed by atoms with Gasteiger partial charge in [0.1, 0.15) is 18.1 Å². The summed E-state index contributed by atoms with van der Waals surface area (Å²) in [7, 11) is 0. The molecule has 0 spiro atoms. The molecule has 2 aromatic heterocycles. The number of nitrogens with one attached hydrogen (secondary N) is 1. The molecule has 5 heteroatoms. The summed E-state index contributed by atoms with van der Waals surface area (Å²) >= 11 is 0. The molecule has 29 heavy (non-hydrogen) atoms. The Labute approximate surface area is 168 Å². The summed E-state index contributed by atoms with van der Waals surface area (Å²) in [5, 5.41) is 0. The highest BCUT2D eigenvalue weighted by molar-refractivity contribution is 5.96. The Kier molecular flexibility index (Phi) is 4.16. The minimum atomic E-state index is -0.0515. The smallest absolute Gasteiger partial charge is 0.270 e. The van der Waals surface area contributed by atoms with Crippen molar-refractivity contribution in [2.45, 2.75) is 20.4 Å². The number of nitrogens with zero attached hydrogens (tertiary/aromatic N) is 1. The van der Waals surface area contributed by atoms with E-state index in [1.165, 1.54) is 16.7 Å². The molecule has 0 atom stereocenters. The molecule has 4 aromatic rings. The van der Waals surface area contributed by atoms with Gasteiger partial charge in [-0.25, -0.2) is 0 Å². The highest BCUT2D eigenvalue weighted by Gasteiger charge is 2.23. The van der Waals surface area contributed by atoms with E-state index in [9.17, 15) is 4.79 Å². The number of ether oxygens (including phenoxy) is 1. The fraction of sp³-hybridized carbons (Fsp3) is 0.208. The standard InChI is InChI=1S/C24H22N2O3/c1-15-3-4-17(11-16(15)2)18-5-6-22-19(12-18)14-26(8-10-29-22)24(27)21-13-23-20(25-21)7-9-28-23/h3-7,9,11-13,25H,8,10,14H2,1-2H3. The van der Waals surface area contributed by atoms with Crippen LogP contribution in [0.1, 0.15) is 27.2 Å². The average Bonchev–Trinajstić information content (AvgIpc) is 3.25. The van der Waals surface area contributed by atoms with Crippen molar-refractivity contribution < 1.29 is 13.9 Å². The number of amides is 1. The third kappa shape index (κ3) is 3.18. The number of fused-ring (bicyclic) bond motifs is 2. The number of hydrogen-bond acceptors (Lipinski definition) is 3. The number of carbonyl (C=O) groups is 1.